The van der Waals surface area contributed by atoms with Crippen LogP contribution in [0.5, 0.6) is 0 Å². The summed E-state index contributed by atoms with van der Waals surface area (Å²) in [5.74, 6) is 0. The molecule has 0 radical (unpaired) electrons. The second kappa shape index (κ2) is 11.6. The van der Waals surface area contributed by atoms with Crippen LogP contribution in [0.4, 0.5) is 17.1 Å². The van der Waals surface area contributed by atoms with Crippen LogP contribution >= 0.6 is 0 Å². The summed E-state index contributed by atoms with van der Waals surface area (Å²) < 4.78 is 111. The number of hydrogen-bond acceptors (Lipinski definition) is 1. The molecule has 1 nitrogen and oxygen atoms in total. The molecule has 0 atom stereocenters. The average molecular weight is 586 g/mol. The van der Waals surface area contributed by atoms with Crippen molar-refractivity contribution in [1.82, 2.24) is 0 Å². The smallest absolute Gasteiger partial charge is 0.0651 e. The summed E-state index contributed by atoms with van der Waals surface area (Å²) in [6.45, 7) is 0. The third kappa shape index (κ3) is 5.26. The van der Waals surface area contributed by atoms with Crippen molar-refractivity contribution in [1.29, 1.82) is 0 Å². The van der Waals surface area contributed by atoms with E-state index in [0.717, 1.165) is 21.1 Å². The number of anilines is 3. The average Bonchev–Trinajstić information content (AvgIpc) is 3.22. The van der Waals surface area contributed by atoms with Gasteiger partial charge in [0.05, 0.1) is 16.4 Å². The third-order valence-corrected chi connectivity index (χ3v) is 7.67. The molecule has 212 valence electrons. The van der Waals surface area contributed by atoms with Crippen molar-refractivity contribution >= 4 is 38.6 Å². The summed E-state index contributed by atoms with van der Waals surface area (Å²) in [5, 5.41) is 3.13. The predicted molar refractivity (Wildman–Crippen MR) is 192 cm³/mol. The Balaban J connectivity index is 1.50. The summed E-state index contributed by atoms with van der Waals surface area (Å²) in [5.41, 5.74) is -0.581. The maximum atomic E-state index is 9.64. The molecule has 0 aromatic heterocycles. The number of rotatable bonds is 6. The van der Waals surface area contributed by atoms with Crippen molar-refractivity contribution in [3.05, 3.63) is 188 Å². The summed E-state index contributed by atoms with van der Waals surface area (Å²) >= 11 is 0. The van der Waals surface area contributed by atoms with Gasteiger partial charge in [-0.3, -0.25) is 0 Å². The summed E-state index contributed by atoms with van der Waals surface area (Å²) in [7, 11) is 0. The lowest BCUT2D eigenvalue weighted by Crippen LogP contribution is -2.10. The van der Waals surface area contributed by atoms with Crippen LogP contribution in [0.3, 0.4) is 0 Å². The monoisotopic (exact) mass is 585 g/mol. The van der Waals surface area contributed by atoms with Gasteiger partial charge in [0.1, 0.15) is 0 Å². The fourth-order valence-electron chi connectivity index (χ4n) is 5.43. The molecule has 0 saturated carbocycles. The highest BCUT2D eigenvalue weighted by atomic mass is 15.1. The molecule has 0 bridgehead atoms. The van der Waals surface area contributed by atoms with Crippen molar-refractivity contribution < 1.29 is 16.4 Å². The SMILES string of the molecule is [2H]c1c([2H])c(-c2ccc3ccccc3c2)c([2H])c(N(c2c([2H])c([2H])c(-c3ccccc3)c([2H])c2[2H])c2c([2H])c([2H])c(-c3cccc4ccccc34)c([2H])c2[2H])c1[2H]. The summed E-state index contributed by atoms with van der Waals surface area (Å²) in [6.07, 6.45) is 0. The molecule has 0 fully saturated rings. The van der Waals surface area contributed by atoms with Crippen LogP contribution in [0.1, 0.15) is 16.4 Å². The van der Waals surface area contributed by atoms with Gasteiger partial charge in [-0.1, -0.05) is 145 Å². The second-order valence-electron chi connectivity index (χ2n) is 10.5. The van der Waals surface area contributed by atoms with E-state index in [4.69, 9.17) is 5.48 Å². The molecule has 8 aromatic carbocycles. The Kier molecular flexibility index (Phi) is 4.34. The Labute approximate surface area is 281 Å². The van der Waals surface area contributed by atoms with Crippen molar-refractivity contribution in [2.45, 2.75) is 0 Å². The molecule has 0 saturated heterocycles. The Morgan fingerprint density at radius 3 is 1.80 bits per heavy atom. The first-order valence-electron chi connectivity index (χ1n) is 20.5. The van der Waals surface area contributed by atoms with Crippen LogP contribution in [0.2, 0.25) is 0 Å². The Bertz CT molecular complexity index is 2880. The molecule has 8 aromatic rings. The largest absolute Gasteiger partial charge is 0.310 e. The van der Waals surface area contributed by atoms with Crippen LogP contribution < -0.4 is 4.90 Å². The Morgan fingerprint density at radius 2 is 1.02 bits per heavy atom. The van der Waals surface area contributed by atoms with Crippen LogP contribution in [-0.4, -0.2) is 0 Å². The Morgan fingerprint density at radius 1 is 0.378 bits per heavy atom. The molecular formula is C44H31N. The zero-order chi connectivity index (χ0) is 40.4. The molecule has 0 aliphatic heterocycles. The van der Waals surface area contributed by atoms with E-state index >= 15 is 0 Å². The molecule has 0 aliphatic rings. The van der Waals surface area contributed by atoms with Crippen molar-refractivity contribution in [3.8, 4) is 33.4 Å². The molecule has 0 heterocycles. The van der Waals surface area contributed by atoms with E-state index in [2.05, 4.69) is 0 Å². The zero-order valence-electron chi connectivity index (χ0n) is 35.9. The topological polar surface area (TPSA) is 3.24 Å². The predicted octanol–water partition coefficient (Wildman–Crippen LogP) is 12.5. The fraction of sp³-hybridized carbons (Fsp3) is 0. The molecule has 0 aliphatic carbocycles. The van der Waals surface area contributed by atoms with Crippen LogP contribution in [0.25, 0.3) is 54.9 Å². The van der Waals surface area contributed by atoms with E-state index in [0.29, 0.717) is 22.1 Å². The van der Waals surface area contributed by atoms with E-state index in [-0.39, 0.29) is 16.7 Å². The molecule has 0 amide bonds. The molecule has 1 heteroatoms. The third-order valence-electron chi connectivity index (χ3n) is 7.67. The quantitative estimate of drug-likeness (QED) is 0.188. The van der Waals surface area contributed by atoms with E-state index in [1.54, 1.807) is 72.8 Å². The molecule has 0 unspecified atom stereocenters. The van der Waals surface area contributed by atoms with Gasteiger partial charge in [-0.05, 0) is 97.2 Å². The highest BCUT2D eigenvalue weighted by Crippen LogP contribution is 2.39. The van der Waals surface area contributed by atoms with E-state index in [1.807, 2.05) is 42.5 Å². The van der Waals surface area contributed by atoms with Gasteiger partial charge < -0.3 is 4.90 Å². The van der Waals surface area contributed by atoms with Gasteiger partial charge in [-0.25, -0.2) is 0 Å². The minimum atomic E-state index is -0.714. The van der Waals surface area contributed by atoms with Gasteiger partial charge in [0, 0.05) is 17.1 Å². The molecular weight excluding hydrogens is 542 g/mol. The maximum Gasteiger partial charge on any atom is 0.0651 e. The highest BCUT2D eigenvalue weighted by molar-refractivity contribution is 5.97. The molecule has 0 N–H and O–H groups in total. The standard InChI is InChI=1S/C44H31N/c1-2-10-32(11-3-1)34-22-26-40(27-23-34)45(41-28-24-36(25-29-41)44-19-9-15-35-13-6-7-18-43(35)44)42-17-8-16-38(31-42)39-21-20-33-12-4-5-14-37(33)30-39/h1-31H/i8D,16D,17D,22D,23D,24D,25D,26D,27D,28D,29D,31D. The molecule has 45 heavy (non-hydrogen) atoms. The first-order chi connectivity index (χ1) is 27.3. The number of nitrogens with zero attached hydrogens (tertiary/aromatic N) is 1. The van der Waals surface area contributed by atoms with Crippen molar-refractivity contribution in [2.75, 3.05) is 4.90 Å². The molecule has 8 rings (SSSR count). The maximum absolute atomic E-state index is 9.64. The highest BCUT2D eigenvalue weighted by Gasteiger charge is 2.15. The minimum absolute atomic E-state index is 0.0267. The fourth-order valence-corrected chi connectivity index (χ4v) is 5.43. The van der Waals surface area contributed by atoms with Crippen LogP contribution in [0, 0.1) is 0 Å². The van der Waals surface area contributed by atoms with Gasteiger partial charge in [-0.2, -0.15) is 0 Å². The van der Waals surface area contributed by atoms with Gasteiger partial charge in [-0.15, -0.1) is 0 Å². The van der Waals surface area contributed by atoms with Gasteiger partial charge >= 0.3 is 0 Å². The Hall–Kier alpha value is -5.92. The van der Waals surface area contributed by atoms with Crippen molar-refractivity contribution in [3.63, 3.8) is 0 Å². The van der Waals surface area contributed by atoms with Crippen LogP contribution in [0.15, 0.2) is 188 Å². The van der Waals surface area contributed by atoms with Gasteiger partial charge in [0.15, 0.2) is 0 Å². The number of fused-ring (bicyclic) bond motifs is 2. The number of hydrogen-bond donors (Lipinski definition) is 0. The van der Waals surface area contributed by atoms with E-state index in [9.17, 15) is 11.0 Å². The number of benzene rings is 8. The summed E-state index contributed by atoms with van der Waals surface area (Å²) in [6, 6.07) is 26.8. The van der Waals surface area contributed by atoms with Gasteiger partial charge in [0.25, 0.3) is 0 Å². The van der Waals surface area contributed by atoms with Crippen molar-refractivity contribution in [2.24, 2.45) is 0 Å². The first kappa shape index (κ1) is 16.8. The summed E-state index contributed by atoms with van der Waals surface area (Å²) in [4.78, 5) is 0.885. The lowest BCUT2D eigenvalue weighted by atomic mass is 9.98. The van der Waals surface area contributed by atoms with Crippen LogP contribution in [-0.2, 0) is 0 Å². The minimum Gasteiger partial charge on any atom is -0.310 e. The lowest BCUT2D eigenvalue weighted by Gasteiger charge is -2.26. The van der Waals surface area contributed by atoms with Gasteiger partial charge in [0.2, 0.25) is 0 Å². The van der Waals surface area contributed by atoms with E-state index < -0.39 is 89.6 Å². The molecule has 0 spiro atoms. The normalized spacial score (nSPS) is 14.8. The van der Waals surface area contributed by atoms with E-state index in [1.165, 1.54) is 0 Å². The first-order valence-corrected chi connectivity index (χ1v) is 14.5. The lowest BCUT2D eigenvalue weighted by molar-refractivity contribution is 1.28. The second-order valence-corrected chi connectivity index (χ2v) is 10.5. The zero-order valence-corrected chi connectivity index (χ0v) is 23.9.